The molecule has 2 aliphatic heterocycles. The molecule has 7 atom stereocenters. The van der Waals surface area contributed by atoms with E-state index in [2.05, 4.69) is 10.6 Å². The maximum absolute atomic E-state index is 12.5. The molecule has 5 N–H and O–H groups in total. The van der Waals surface area contributed by atoms with Crippen LogP contribution in [0, 0.1) is 0 Å². The fourth-order valence-electron chi connectivity index (χ4n) is 2.95. The zero-order valence-corrected chi connectivity index (χ0v) is 14.2. The van der Waals surface area contributed by atoms with Gasteiger partial charge in [-0.2, -0.15) is 0 Å². The molecule has 7 unspecified atom stereocenters. The van der Waals surface area contributed by atoms with Gasteiger partial charge >= 0.3 is 5.97 Å². The SMILES string of the molecule is CC(C)NC(CC(=O)O)C(=O)NC1C(=O)C(C)OC2OC1C(O)C2O. The van der Waals surface area contributed by atoms with Crippen LogP contribution < -0.4 is 10.6 Å². The molecule has 0 aromatic carbocycles. The van der Waals surface area contributed by atoms with Crippen LogP contribution in [0.3, 0.4) is 0 Å². The summed E-state index contributed by atoms with van der Waals surface area (Å²) in [7, 11) is 0. The van der Waals surface area contributed by atoms with Crippen LogP contribution >= 0.6 is 0 Å². The van der Waals surface area contributed by atoms with E-state index in [1.54, 1.807) is 13.8 Å². The third-order valence-electron chi connectivity index (χ3n) is 4.16. The zero-order chi connectivity index (χ0) is 18.9. The summed E-state index contributed by atoms with van der Waals surface area (Å²) >= 11 is 0. The summed E-state index contributed by atoms with van der Waals surface area (Å²) in [6.45, 7) is 4.95. The first-order valence-electron chi connectivity index (χ1n) is 8.10. The number of Topliss-reactive ketones (excluding diaryl/α,β-unsaturated/α-hetero) is 1. The fraction of sp³-hybridized carbons (Fsp3) is 0.800. The monoisotopic (exact) mass is 360 g/mol. The van der Waals surface area contributed by atoms with Gasteiger partial charge < -0.3 is 35.4 Å². The smallest absolute Gasteiger partial charge is 0.305 e. The van der Waals surface area contributed by atoms with Gasteiger partial charge in [0.1, 0.15) is 30.5 Å². The Labute approximate surface area is 144 Å². The summed E-state index contributed by atoms with van der Waals surface area (Å²) in [5.74, 6) is -2.41. The van der Waals surface area contributed by atoms with Crippen LogP contribution in [0.2, 0.25) is 0 Å². The van der Waals surface area contributed by atoms with Crippen molar-refractivity contribution < 1.29 is 39.2 Å². The maximum Gasteiger partial charge on any atom is 0.305 e. The second-order valence-electron chi connectivity index (χ2n) is 6.59. The van der Waals surface area contributed by atoms with Crippen molar-refractivity contribution in [1.29, 1.82) is 0 Å². The number of aliphatic hydroxyl groups excluding tert-OH is 2. The lowest BCUT2D eigenvalue weighted by Crippen LogP contribution is -2.59. The molecule has 2 rings (SSSR count). The zero-order valence-electron chi connectivity index (χ0n) is 14.2. The van der Waals surface area contributed by atoms with E-state index in [-0.39, 0.29) is 6.04 Å². The molecule has 2 fully saturated rings. The number of hydrogen-bond donors (Lipinski definition) is 5. The molecule has 0 spiro atoms. The van der Waals surface area contributed by atoms with E-state index >= 15 is 0 Å². The van der Waals surface area contributed by atoms with Gasteiger partial charge in [0.2, 0.25) is 5.91 Å². The Balaban J connectivity index is 2.17. The van der Waals surface area contributed by atoms with Gasteiger partial charge in [0.05, 0.1) is 12.5 Å². The second-order valence-corrected chi connectivity index (χ2v) is 6.59. The standard InChI is InChI=1S/C15H24N2O8/c1-5(2)16-7(4-8(18)19)14(23)17-9-10(20)6(3)24-15-12(22)11(21)13(9)25-15/h5-7,9,11-13,15-16,21-22H,4H2,1-3H3,(H,17,23)(H,18,19). The lowest BCUT2D eigenvalue weighted by atomic mass is 9.95. The van der Waals surface area contributed by atoms with E-state index in [0.717, 1.165) is 0 Å². The largest absolute Gasteiger partial charge is 0.481 e. The van der Waals surface area contributed by atoms with Crippen LogP contribution in [0.1, 0.15) is 27.2 Å². The highest BCUT2D eigenvalue weighted by Gasteiger charge is 2.53. The summed E-state index contributed by atoms with van der Waals surface area (Å²) in [6, 6.07) is -2.49. The minimum absolute atomic E-state index is 0.165. The van der Waals surface area contributed by atoms with Crippen molar-refractivity contribution >= 4 is 17.7 Å². The van der Waals surface area contributed by atoms with Gasteiger partial charge in [-0.25, -0.2) is 0 Å². The predicted molar refractivity (Wildman–Crippen MR) is 82.5 cm³/mol. The number of amides is 1. The molecule has 25 heavy (non-hydrogen) atoms. The van der Waals surface area contributed by atoms with E-state index in [9.17, 15) is 24.6 Å². The number of aliphatic hydroxyl groups is 2. The highest BCUT2D eigenvalue weighted by atomic mass is 16.7. The van der Waals surface area contributed by atoms with Crippen molar-refractivity contribution in [2.45, 2.75) is 76.0 Å². The van der Waals surface area contributed by atoms with Crippen molar-refractivity contribution in [3.63, 3.8) is 0 Å². The molecule has 142 valence electrons. The third kappa shape index (κ3) is 4.33. The molecule has 2 saturated heterocycles. The molecule has 2 bridgehead atoms. The maximum atomic E-state index is 12.5. The van der Waals surface area contributed by atoms with Gasteiger partial charge in [-0.05, 0) is 6.92 Å². The quantitative estimate of drug-likeness (QED) is 0.353. The number of ketones is 1. The number of carbonyl (C=O) groups is 3. The van der Waals surface area contributed by atoms with Crippen LogP contribution in [0.4, 0.5) is 0 Å². The Morgan fingerprint density at radius 1 is 1.20 bits per heavy atom. The summed E-state index contributed by atoms with van der Waals surface area (Å²) < 4.78 is 10.6. The third-order valence-corrected chi connectivity index (χ3v) is 4.16. The number of aliphatic carboxylic acids is 1. The summed E-state index contributed by atoms with van der Waals surface area (Å²) in [4.78, 5) is 35.9. The Bertz CT molecular complexity index is 540. The number of carboxylic acids is 1. The van der Waals surface area contributed by atoms with E-state index in [0.29, 0.717) is 0 Å². The summed E-state index contributed by atoms with van der Waals surface area (Å²) in [5, 5.41) is 34.1. The molecule has 0 radical (unpaired) electrons. The Kier molecular flexibility index (Phi) is 6.12. The van der Waals surface area contributed by atoms with E-state index in [4.69, 9.17) is 14.6 Å². The molecule has 0 aliphatic carbocycles. The van der Waals surface area contributed by atoms with Gasteiger partial charge in [-0.1, -0.05) is 13.8 Å². The minimum Gasteiger partial charge on any atom is -0.481 e. The Morgan fingerprint density at radius 2 is 1.84 bits per heavy atom. The molecule has 1 amide bonds. The number of rotatable bonds is 6. The van der Waals surface area contributed by atoms with Crippen LogP contribution in [0.15, 0.2) is 0 Å². The molecule has 0 saturated carbocycles. The van der Waals surface area contributed by atoms with Crippen molar-refractivity contribution in [2.75, 3.05) is 0 Å². The van der Waals surface area contributed by atoms with Gasteiger partial charge in [0.25, 0.3) is 0 Å². The number of carboxylic acid groups (broad SMARTS) is 1. The predicted octanol–water partition coefficient (Wildman–Crippen LogP) is -2.25. The second kappa shape index (κ2) is 7.75. The molecule has 2 heterocycles. The number of fused-ring (bicyclic) bond motifs is 2. The van der Waals surface area contributed by atoms with Crippen LogP contribution in [-0.4, -0.2) is 81.8 Å². The highest BCUT2D eigenvalue weighted by molar-refractivity contribution is 5.95. The average Bonchev–Trinajstić information content (AvgIpc) is 2.71. The number of carbonyl (C=O) groups excluding carboxylic acids is 2. The van der Waals surface area contributed by atoms with Crippen molar-refractivity contribution in [3.05, 3.63) is 0 Å². The van der Waals surface area contributed by atoms with Gasteiger partial charge in [0, 0.05) is 6.04 Å². The first-order chi connectivity index (χ1) is 11.6. The van der Waals surface area contributed by atoms with E-state index in [1.165, 1.54) is 6.92 Å². The van der Waals surface area contributed by atoms with Crippen LogP contribution in [0.5, 0.6) is 0 Å². The van der Waals surface area contributed by atoms with Gasteiger partial charge in [-0.15, -0.1) is 0 Å². The minimum atomic E-state index is -1.41. The van der Waals surface area contributed by atoms with Crippen LogP contribution in [-0.2, 0) is 23.9 Å². The molecule has 2 aliphatic rings. The van der Waals surface area contributed by atoms with Crippen molar-refractivity contribution in [3.8, 4) is 0 Å². The van der Waals surface area contributed by atoms with Gasteiger partial charge in [0.15, 0.2) is 12.1 Å². The number of nitrogens with one attached hydrogen (secondary N) is 2. The molecule has 0 aromatic heterocycles. The lowest BCUT2D eigenvalue weighted by Gasteiger charge is -2.29. The summed E-state index contributed by atoms with van der Waals surface area (Å²) in [5.41, 5.74) is 0. The lowest BCUT2D eigenvalue weighted by molar-refractivity contribution is -0.176. The average molecular weight is 360 g/mol. The topological polar surface area (TPSA) is 154 Å². The number of hydrogen-bond acceptors (Lipinski definition) is 8. The first-order valence-corrected chi connectivity index (χ1v) is 8.10. The van der Waals surface area contributed by atoms with Crippen molar-refractivity contribution in [2.24, 2.45) is 0 Å². The Hall–Kier alpha value is -1.59. The molecule has 10 nitrogen and oxygen atoms in total. The van der Waals surface area contributed by atoms with E-state index < -0.39 is 66.9 Å². The van der Waals surface area contributed by atoms with Crippen molar-refractivity contribution in [1.82, 2.24) is 10.6 Å². The number of ether oxygens (including phenoxy) is 2. The summed E-state index contributed by atoms with van der Waals surface area (Å²) in [6.07, 6.45) is -6.53. The molecule has 10 heteroatoms. The molecule has 0 aromatic rings. The normalized spacial score (nSPS) is 36.2. The van der Waals surface area contributed by atoms with E-state index in [1.807, 2.05) is 0 Å². The molecular weight excluding hydrogens is 336 g/mol. The Morgan fingerprint density at radius 3 is 2.40 bits per heavy atom. The first kappa shape index (κ1) is 19.7. The van der Waals surface area contributed by atoms with Crippen LogP contribution in [0.25, 0.3) is 0 Å². The highest BCUT2D eigenvalue weighted by Crippen LogP contribution is 2.30. The van der Waals surface area contributed by atoms with Gasteiger partial charge in [-0.3, -0.25) is 14.4 Å². The molecular formula is C15H24N2O8. The fourth-order valence-corrected chi connectivity index (χ4v) is 2.95.